The molecule has 8 nitrogen and oxygen atoms in total. The second-order valence-electron chi connectivity index (χ2n) is 7.67. The van der Waals surface area contributed by atoms with E-state index >= 15 is 0 Å². The summed E-state index contributed by atoms with van der Waals surface area (Å²) in [4.78, 5) is 19.5. The molecule has 150 valence electrons. The topological polar surface area (TPSA) is 92.5 Å². The van der Waals surface area contributed by atoms with Crippen LogP contribution in [0, 0.1) is 0 Å². The molecule has 28 heavy (non-hydrogen) atoms. The number of carbonyl (C=O) groups is 1. The lowest BCUT2D eigenvalue weighted by Gasteiger charge is -2.47. The van der Waals surface area contributed by atoms with Gasteiger partial charge < -0.3 is 24.8 Å². The number of fused-ring (bicyclic) bond motifs is 2. The van der Waals surface area contributed by atoms with Crippen LogP contribution >= 0.6 is 0 Å². The Morgan fingerprint density at radius 3 is 2.79 bits per heavy atom. The average Bonchev–Trinajstić information content (AvgIpc) is 3.12. The summed E-state index contributed by atoms with van der Waals surface area (Å²) in [5.74, 6) is 0.825. The number of anilines is 1. The quantitative estimate of drug-likeness (QED) is 0.822. The number of hydrogen-bond acceptors (Lipinski definition) is 6. The zero-order valence-corrected chi connectivity index (χ0v) is 16.4. The summed E-state index contributed by atoms with van der Waals surface area (Å²) >= 11 is 0. The highest BCUT2D eigenvalue weighted by molar-refractivity contribution is 5.93. The third-order valence-corrected chi connectivity index (χ3v) is 5.82. The fraction of sp³-hybridized carbons (Fsp3) is 0.550. The Morgan fingerprint density at radius 1 is 1.29 bits per heavy atom. The Bertz CT molecular complexity index is 810. The second kappa shape index (κ2) is 8.28. The van der Waals surface area contributed by atoms with E-state index in [2.05, 4.69) is 32.7 Å². The largest absolute Gasteiger partial charge is 0.377 e. The number of nitrogens with zero attached hydrogens (tertiary/aromatic N) is 3. The van der Waals surface area contributed by atoms with Gasteiger partial charge in [-0.15, -0.1) is 0 Å². The lowest BCUT2D eigenvalue weighted by Crippen LogP contribution is -2.55. The first kappa shape index (κ1) is 18.9. The molecular formula is C20H27N5O3. The van der Waals surface area contributed by atoms with Crippen molar-refractivity contribution in [2.75, 3.05) is 19.5 Å². The fourth-order valence-corrected chi connectivity index (χ4v) is 4.41. The van der Waals surface area contributed by atoms with E-state index in [4.69, 9.17) is 9.26 Å². The van der Waals surface area contributed by atoms with Gasteiger partial charge in [0.25, 0.3) is 5.89 Å². The molecule has 2 aliphatic heterocycles. The summed E-state index contributed by atoms with van der Waals surface area (Å²) in [7, 11) is 3.79. The van der Waals surface area contributed by atoms with Crippen LogP contribution in [0.2, 0.25) is 0 Å². The van der Waals surface area contributed by atoms with Gasteiger partial charge in [0.2, 0.25) is 0 Å². The molecule has 2 aromatic rings. The van der Waals surface area contributed by atoms with Crippen molar-refractivity contribution >= 4 is 11.7 Å². The predicted molar refractivity (Wildman–Crippen MR) is 105 cm³/mol. The molecule has 1 aromatic carbocycles. The Kier molecular flexibility index (Phi) is 5.59. The minimum absolute atomic E-state index is 0.197. The molecule has 2 saturated heterocycles. The van der Waals surface area contributed by atoms with Crippen molar-refractivity contribution in [1.82, 2.24) is 20.4 Å². The summed E-state index contributed by atoms with van der Waals surface area (Å²) in [6, 6.07) is 8.57. The van der Waals surface area contributed by atoms with Gasteiger partial charge in [-0.1, -0.05) is 23.7 Å². The van der Waals surface area contributed by atoms with E-state index < -0.39 is 0 Å². The Hall–Kier alpha value is -2.45. The van der Waals surface area contributed by atoms with Crippen molar-refractivity contribution in [3.8, 4) is 11.5 Å². The number of urea groups is 1. The van der Waals surface area contributed by atoms with Crippen LogP contribution in [-0.4, -0.2) is 53.4 Å². The number of nitrogens with one attached hydrogen (secondary N) is 2. The molecule has 2 aliphatic rings. The van der Waals surface area contributed by atoms with Crippen LogP contribution < -0.4 is 10.6 Å². The van der Waals surface area contributed by atoms with Gasteiger partial charge >= 0.3 is 6.03 Å². The normalized spacial score (nSPS) is 24.7. The SMILES string of the molecule is COCc1noc(-c2ccccc2NC(=O)N[C@H]2C[C@H]3CCC[C@@H](C2)N3C)n1. The molecule has 0 spiro atoms. The van der Waals surface area contributed by atoms with E-state index in [-0.39, 0.29) is 18.7 Å². The number of rotatable bonds is 5. The molecule has 4 rings (SSSR count). The summed E-state index contributed by atoms with van der Waals surface area (Å²) < 4.78 is 10.3. The molecule has 2 amide bonds. The van der Waals surface area contributed by atoms with Gasteiger partial charge in [0.15, 0.2) is 5.82 Å². The number of benzene rings is 1. The minimum atomic E-state index is -0.197. The number of aromatic nitrogens is 2. The summed E-state index contributed by atoms with van der Waals surface area (Å²) in [5, 5.41) is 10.0. The van der Waals surface area contributed by atoms with Crippen molar-refractivity contribution in [3.05, 3.63) is 30.1 Å². The Morgan fingerprint density at radius 2 is 2.04 bits per heavy atom. The predicted octanol–water partition coefficient (Wildman–Crippen LogP) is 3.02. The summed E-state index contributed by atoms with van der Waals surface area (Å²) in [6.45, 7) is 0.276. The number of piperidine rings is 2. The van der Waals surface area contributed by atoms with Crippen LogP contribution in [0.15, 0.2) is 28.8 Å². The van der Waals surface area contributed by atoms with Crippen LogP contribution in [0.3, 0.4) is 0 Å². The molecule has 0 radical (unpaired) electrons. The smallest absolute Gasteiger partial charge is 0.319 e. The Labute approximate surface area is 164 Å². The lowest BCUT2D eigenvalue weighted by atomic mass is 9.82. The minimum Gasteiger partial charge on any atom is -0.377 e. The first-order valence-electron chi connectivity index (χ1n) is 9.84. The van der Waals surface area contributed by atoms with E-state index in [9.17, 15) is 4.79 Å². The number of methoxy groups -OCH3 is 1. The molecule has 1 aromatic heterocycles. The van der Waals surface area contributed by atoms with Crippen LogP contribution in [0.25, 0.3) is 11.5 Å². The number of ether oxygens (including phenoxy) is 1. The maximum Gasteiger partial charge on any atom is 0.319 e. The van der Waals surface area contributed by atoms with Crippen molar-refractivity contribution in [3.63, 3.8) is 0 Å². The fourth-order valence-electron chi connectivity index (χ4n) is 4.41. The molecule has 0 saturated carbocycles. The van der Waals surface area contributed by atoms with Gasteiger partial charge in [0.05, 0.1) is 11.3 Å². The molecule has 0 unspecified atom stereocenters. The van der Waals surface area contributed by atoms with Gasteiger partial charge in [-0.2, -0.15) is 4.98 Å². The molecule has 0 aliphatic carbocycles. The van der Waals surface area contributed by atoms with Crippen LogP contribution in [0.5, 0.6) is 0 Å². The van der Waals surface area contributed by atoms with Gasteiger partial charge in [0, 0.05) is 25.2 Å². The van der Waals surface area contributed by atoms with Crippen molar-refractivity contribution in [2.45, 2.75) is 56.8 Å². The van der Waals surface area contributed by atoms with Gasteiger partial charge in [-0.3, -0.25) is 0 Å². The molecule has 8 heteroatoms. The van der Waals surface area contributed by atoms with Crippen LogP contribution in [0.1, 0.15) is 37.9 Å². The maximum atomic E-state index is 12.7. The zero-order chi connectivity index (χ0) is 19.5. The standard InChI is InChI=1S/C20H27N5O3/c1-25-14-6-5-7-15(25)11-13(10-14)21-20(26)22-17-9-4-3-8-16(17)19-23-18(12-27-2)24-28-19/h3-4,8-9,13-15H,5-7,10-12H2,1-2H3,(H2,21,22,26)/t13-,14+,15-. The van der Waals surface area contributed by atoms with E-state index in [1.165, 1.54) is 19.3 Å². The second-order valence-corrected chi connectivity index (χ2v) is 7.67. The van der Waals surface area contributed by atoms with E-state index in [0.29, 0.717) is 35.0 Å². The molecule has 2 N–H and O–H groups in total. The summed E-state index contributed by atoms with van der Waals surface area (Å²) in [5.41, 5.74) is 1.33. The third kappa shape index (κ3) is 4.02. The molecule has 2 bridgehead atoms. The highest BCUT2D eigenvalue weighted by atomic mass is 16.5. The highest BCUT2D eigenvalue weighted by Gasteiger charge is 2.36. The first-order chi connectivity index (χ1) is 13.6. The molecule has 2 fully saturated rings. The number of amides is 2. The van der Waals surface area contributed by atoms with Crippen LogP contribution in [0.4, 0.5) is 10.5 Å². The third-order valence-electron chi connectivity index (χ3n) is 5.82. The number of carbonyl (C=O) groups excluding carboxylic acids is 1. The first-order valence-corrected chi connectivity index (χ1v) is 9.84. The van der Waals surface area contributed by atoms with Gasteiger partial charge in [0.1, 0.15) is 6.61 Å². The van der Waals surface area contributed by atoms with Crippen molar-refractivity contribution in [1.29, 1.82) is 0 Å². The van der Waals surface area contributed by atoms with Gasteiger partial charge in [-0.25, -0.2) is 4.79 Å². The monoisotopic (exact) mass is 385 g/mol. The number of hydrogen-bond donors (Lipinski definition) is 2. The zero-order valence-electron chi connectivity index (χ0n) is 16.4. The number of para-hydroxylation sites is 1. The average molecular weight is 385 g/mol. The Balaban J connectivity index is 1.42. The lowest BCUT2D eigenvalue weighted by molar-refractivity contribution is 0.0513. The summed E-state index contributed by atoms with van der Waals surface area (Å²) in [6.07, 6.45) is 5.74. The van der Waals surface area contributed by atoms with E-state index in [1.54, 1.807) is 7.11 Å². The molecule has 3 heterocycles. The molecular weight excluding hydrogens is 358 g/mol. The van der Waals surface area contributed by atoms with Crippen molar-refractivity contribution in [2.24, 2.45) is 0 Å². The molecule has 3 atom stereocenters. The van der Waals surface area contributed by atoms with Crippen molar-refractivity contribution < 1.29 is 14.1 Å². The maximum absolute atomic E-state index is 12.7. The van der Waals surface area contributed by atoms with Gasteiger partial charge in [-0.05, 0) is 44.9 Å². The van der Waals surface area contributed by atoms with E-state index in [0.717, 1.165) is 12.8 Å². The van der Waals surface area contributed by atoms with E-state index in [1.807, 2.05) is 24.3 Å². The van der Waals surface area contributed by atoms with Crippen LogP contribution in [-0.2, 0) is 11.3 Å². The highest BCUT2D eigenvalue weighted by Crippen LogP contribution is 2.33.